The van der Waals surface area contributed by atoms with E-state index in [1.165, 1.54) is 13.2 Å². The SMILES string of the molecule is COC(=O)c1cc(C)nc(NN)c1. The lowest BCUT2D eigenvalue weighted by atomic mass is 10.2. The van der Waals surface area contributed by atoms with Crippen LogP contribution in [0.25, 0.3) is 0 Å². The predicted molar refractivity (Wildman–Crippen MR) is 48.1 cm³/mol. The molecule has 0 saturated carbocycles. The van der Waals surface area contributed by atoms with Crippen LogP contribution in [-0.4, -0.2) is 18.1 Å². The van der Waals surface area contributed by atoms with E-state index in [0.29, 0.717) is 17.1 Å². The Hall–Kier alpha value is -1.62. The largest absolute Gasteiger partial charge is 0.465 e. The Kier molecular flexibility index (Phi) is 2.81. The number of hydrogen-bond donors (Lipinski definition) is 2. The smallest absolute Gasteiger partial charge is 0.338 e. The lowest BCUT2D eigenvalue weighted by Crippen LogP contribution is -2.11. The van der Waals surface area contributed by atoms with Crippen LogP contribution in [0.1, 0.15) is 16.1 Å². The highest BCUT2D eigenvalue weighted by Gasteiger charge is 2.07. The van der Waals surface area contributed by atoms with Gasteiger partial charge < -0.3 is 10.2 Å². The Labute approximate surface area is 75.9 Å². The molecule has 5 nitrogen and oxygen atoms in total. The van der Waals surface area contributed by atoms with Gasteiger partial charge in [-0.05, 0) is 19.1 Å². The third-order valence-corrected chi connectivity index (χ3v) is 1.52. The lowest BCUT2D eigenvalue weighted by Gasteiger charge is -2.03. The van der Waals surface area contributed by atoms with E-state index >= 15 is 0 Å². The summed E-state index contributed by atoms with van der Waals surface area (Å²) in [6, 6.07) is 3.16. The van der Waals surface area contributed by atoms with E-state index in [4.69, 9.17) is 5.84 Å². The number of pyridine rings is 1. The summed E-state index contributed by atoms with van der Waals surface area (Å²) in [5.41, 5.74) is 3.51. The fraction of sp³-hybridized carbons (Fsp3) is 0.250. The highest BCUT2D eigenvalue weighted by Crippen LogP contribution is 2.09. The third kappa shape index (κ3) is 2.16. The summed E-state index contributed by atoms with van der Waals surface area (Å²) in [4.78, 5) is 15.1. The normalized spacial score (nSPS) is 9.46. The molecule has 0 aromatic carbocycles. The number of anilines is 1. The molecule has 0 atom stereocenters. The van der Waals surface area contributed by atoms with E-state index in [0.717, 1.165) is 0 Å². The van der Waals surface area contributed by atoms with Crippen molar-refractivity contribution in [3.05, 3.63) is 23.4 Å². The van der Waals surface area contributed by atoms with Crippen molar-refractivity contribution in [1.82, 2.24) is 4.98 Å². The zero-order valence-corrected chi connectivity index (χ0v) is 7.50. The third-order valence-electron chi connectivity index (χ3n) is 1.52. The summed E-state index contributed by atoms with van der Waals surface area (Å²) >= 11 is 0. The number of carbonyl (C=O) groups is 1. The van der Waals surface area contributed by atoms with E-state index in [2.05, 4.69) is 15.1 Å². The quantitative estimate of drug-likeness (QED) is 0.394. The van der Waals surface area contributed by atoms with Crippen LogP contribution in [-0.2, 0) is 4.74 Å². The molecule has 0 unspecified atom stereocenters. The summed E-state index contributed by atoms with van der Waals surface area (Å²) in [5.74, 6) is 5.21. The second-order valence-corrected chi connectivity index (χ2v) is 2.52. The van der Waals surface area contributed by atoms with Gasteiger partial charge in [0, 0.05) is 5.69 Å². The molecule has 13 heavy (non-hydrogen) atoms. The van der Waals surface area contributed by atoms with Crippen molar-refractivity contribution in [3.63, 3.8) is 0 Å². The molecule has 0 aliphatic heterocycles. The number of nitrogens with one attached hydrogen (secondary N) is 1. The van der Waals surface area contributed by atoms with Gasteiger partial charge in [-0.2, -0.15) is 0 Å². The lowest BCUT2D eigenvalue weighted by molar-refractivity contribution is 0.0600. The first kappa shape index (κ1) is 9.47. The molecule has 1 heterocycles. The number of ether oxygens (including phenoxy) is 1. The Bertz CT molecular complexity index is 325. The molecule has 0 radical (unpaired) electrons. The number of rotatable bonds is 2. The molecule has 1 rings (SSSR count). The number of aromatic nitrogens is 1. The zero-order valence-electron chi connectivity index (χ0n) is 7.50. The number of methoxy groups -OCH3 is 1. The highest BCUT2D eigenvalue weighted by molar-refractivity contribution is 5.90. The van der Waals surface area contributed by atoms with Crippen LogP contribution in [0.2, 0.25) is 0 Å². The van der Waals surface area contributed by atoms with Crippen LogP contribution < -0.4 is 11.3 Å². The van der Waals surface area contributed by atoms with Gasteiger partial charge in [-0.15, -0.1) is 0 Å². The number of nitrogens with two attached hydrogens (primary N) is 1. The molecule has 0 bridgehead atoms. The van der Waals surface area contributed by atoms with Gasteiger partial charge in [0.25, 0.3) is 0 Å². The summed E-state index contributed by atoms with van der Waals surface area (Å²) in [6.07, 6.45) is 0. The Balaban J connectivity index is 3.08. The van der Waals surface area contributed by atoms with Gasteiger partial charge in [0.2, 0.25) is 0 Å². The summed E-state index contributed by atoms with van der Waals surface area (Å²) in [5, 5.41) is 0. The fourth-order valence-corrected chi connectivity index (χ4v) is 0.978. The topological polar surface area (TPSA) is 77.2 Å². The molecular formula is C8H11N3O2. The number of esters is 1. The summed E-state index contributed by atoms with van der Waals surface area (Å²) in [6.45, 7) is 1.77. The number of hydrazine groups is 1. The van der Waals surface area contributed by atoms with Crippen LogP contribution in [0.4, 0.5) is 5.82 Å². The summed E-state index contributed by atoms with van der Waals surface area (Å²) < 4.78 is 4.56. The van der Waals surface area contributed by atoms with Gasteiger partial charge in [0.15, 0.2) is 0 Å². The number of hydrogen-bond acceptors (Lipinski definition) is 5. The average Bonchev–Trinajstić information content (AvgIpc) is 2.15. The van der Waals surface area contributed by atoms with Crippen molar-refractivity contribution in [1.29, 1.82) is 0 Å². The molecule has 0 fully saturated rings. The molecule has 0 aliphatic rings. The van der Waals surface area contributed by atoms with Crippen LogP contribution in [0.3, 0.4) is 0 Å². The van der Waals surface area contributed by atoms with E-state index in [9.17, 15) is 4.79 Å². The standard InChI is InChI=1S/C8H11N3O2/c1-5-3-6(8(12)13-2)4-7(10-5)11-9/h3-4H,9H2,1-2H3,(H,10,11). The van der Waals surface area contributed by atoms with Crippen molar-refractivity contribution in [3.8, 4) is 0 Å². The van der Waals surface area contributed by atoms with E-state index in [1.807, 2.05) is 0 Å². The Morgan fingerprint density at radius 1 is 1.62 bits per heavy atom. The molecule has 0 aliphatic carbocycles. The molecular weight excluding hydrogens is 170 g/mol. The highest BCUT2D eigenvalue weighted by atomic mass is 16.5. The monoisotopic (exact) mass is 181 g/mol. The molecule has 3 N–H and O–H groups in total. The maximum Gasteiger partial charge on any atom is 0.338 e. The molecule has 1 aromatic heterocycles. The molecule has 0 saturated heterocycles. The van der Waals surface area contributed by atoms with Crippen molar-refractivity contribution < 1.29 is 9.53 Å². The van der Waals surface area contributed by atoms with Crippen LogP contribution in [0.5, 0.6) is 0 Å². The molecule has 70 valence electrons. The second kappa shape index (κ2) is 3.86. The second-order valence-electron chi connectivity index (χ2n) is 2.52. The Morgan fingerprint density at radius 2 is 2.31 bits per heavy atom. The number of carbonyl (C=O) groups excluding carboxylic acids is 1. The first-order valence-electron chi connectivity index (χ1n) is 3.71. The number of aryl methyl sites for hydroxylation is 1. The molecule has 1 aromatic rings. The van der Waals surface area contributed by atoms with Gasteiger partial charge in [-0.3, -0.25) is 0 Å². The number of nitrogens with zero attached hydrogens (tertiary/aromatic N) is 1. The van der Waals surface area contributed by atoms with E-state index < -0.39 is 5.97 Å². The predicted octanol–water partition coefficient (Wildman–Crippen LogP) is 0.462. The zero-order chi connectivity index (χ0) is 9.84. The maximum atomic E-state index is 11.1. The minimum Gasteiger partial charge on any atom is -0.465 e. The Morgan fingerprint density at radius 3 is 2.85 bits per heavy atom. The van der Waals surface area contributed by atoms with Crippen molar-refractivity contribution in [2.24, 2.45) is 5.84 Å². The first-order valence-corrected chi connectivity index (χ1v) is 3.71. The van der Waals surface area contributed by atoms with Gasteiger partial charge in [0.05, 0.1) is 12.7 Å². The van der Waals surface area contributed by atoms with E-state index in [-0.39, 0.29) is 0 Å². The first-order chi connectivity index (χ1) is 6.17. The van der Waals surface area contributed by atoms with E-state index in [1.54, 1.807) is 13.0 Å². The maximum absolute atomic E-state index is 11.1. The number of nitrogen functional groups attached to an aromatic ring is 1. The van der Waals surface area contributed by atoms with Crippen molar-refractivity contribution >= 4 is 11.8 Å². The van der Waals surface area contributed by atoms with Crippen LogP contribution in [0.15, 0.2) is 12.1 Å². The average molecular weight is 181 g/mol. The van der Waals surface area contributed by atoms with Crippen molar-refractivity contribution in [2.75, 3.05) is 12.5 Å². The van der Waals surface area contributed by atoms with Gasteiger partial charge in [-0.1, -0.05) is 0 Å². The minimum absolute atomic E-state index is 0.401. The van der Waals surface area contributed by atoms with Gasteiger partial charge in [0.1, 0.15) is 5.82 Å². The minimum atomic E-state index is -0.401. The molecule has 0 spiro atoms. The van der Waals surface area contributed by atoms with Gasteiger partial charge >= 0.3 is 5.97 Å². The molecule has 0 amide bonds. The van der Waals surface area contributed by atoms with Crippen LogP contribution in [0, 0.1) is 6.92 Å². The van der Waals surface area contributed by atoms with Crippen molar-refractivity contribution in [2.45, 2.75) is 6.92 Å². The van der Waals surface area contributed by atoms with Crippen LogP contribution >= 0.6 is 0 Å². The van der Waals surface area contributed by atoms with Gasteiger partial charge in [-0.25, -0.2) is 15.6 Å². The summed E-state index contributed by atoms with van der Waals surface area (Å²) in [7, 11) is 1.33. The fourth-order valence-electron chi connectivity index (χ4n) is 0.978. The molecule has 5 heteroatoms.